The Kier molecular flexibility index (Phi) is 5.76. The molecule has 0 radical (unpaired) electrons. The lowest BCUT2D eigenvalue weighted by Crippen LogP contribution is -2.06. The van der Waals surface area contributed by atoms with Crippen molar-refractivity contribution in [2.45, 2.75) is 12.8 Å². The number of aryl methyl sites for hydroxylation is 1. The van der Waals surface area contributed by atoms with Gasteiger partial charge in [0, 0.05) is 5.92 Å². The Hall–Kier alpha value is -1.18. The second-order valence-electron chi connectivity index (χ2n) is 3.47. The summed E-state index contributed by atoms with van der Waals surface area (Å²) in [6, 6.07) is 8.31. The van der Waals surface area contributed by atoms with Gasteiger partial charge in [0.25, 0.3) is 0 Å². The van der Waals surface area contributed by atoms with Crippen molar-refractivity contribution in [3.05, 3.63) is 35.4 Å². The van der Waals surface area contributed by atoms with E-state index in [9.17, 15) is 0 Å². The third kappa shape index (κ3) is 4.13. The molecule has 0 atom stereocenters. The Balaban J connectivity index is 2.85. The average molecular weight is 248 g/mol. The lowest BCUT2D eigenvalue weighted by Gasteiger charge is -2.11. The molecule has 0 unspecified atom stereocenters. The SMILES string of the molecule is Cc1ccc(C(CN=C=S)CN=C=S)cc1. The van der Waals surface area contributed by atoms with Crippen molar-refractivity contribution in [3.63, 3.8) is 0 Å². The molecule has 0 aliphatic carbocycles. The predicted octanol–water partition coefficient (Wildman–Crippen LogP) is 3.28. The minimum Gasteiger partial charge on any atom is -0.232 e. The average Bonchev–Trinajstić information content (AvgIpc) is 2.31. The zero-order chi connectivity index (χ0) is 11.8. The molecule has 16 heavy (non-hydrogen) atoms. The molecule has 0 aliphatic heterocycles. The molecule has 0 bridgehead atoms. The number of thiocarbonyl (C=S) groups is 2. The van der Waals surface area contributed by atoms with Crippen LogP contribution in [0.5, 0.6) is 0 Å². The van der Waals surface area contributed by atoms with Crippen molar-refractivity contribution in [2.24, 2.45) is 9.98 Å². The molecule has 82 valence electrons. The van der Waals surface area contributed by atoms with Gasteiger partial charge in [-0.1, -0.05) is 29.8 Å². The first kappa shape index (κ1) is 12.9. The first-order valence-electron chi connectivity index (χ1n) is 4.91. The van der Waals surface area contributed by atoms with Gasteiger partial charge in [-0.2, -0.15) is 0 Å². The van der Waals surface area contributed by atoms with Crippen molar-refractivity contribution < 1.29 is 0 Å². The van der Waals surface area contributed by atoms with Gasteiger partial charge in [-0.15, -0.1) is 0 Å². The number of benzene rings is 1. The van der Waals surface area contributed by atoms with E-state index in [-0.39, 0.29) is 5.92 Å². The number of hydrogen-bond donors (Lipinski definition) is 0. The van der Waals surface area contributed by atoms with Gasteiger partial charge in [0.05, 0.1) is 23.4 Å². The molecule has 0 spiro atoms. The molecule has 0 aromatic heterocycles. The van der Waals surface area contributed by atoms with E-state index in [1.54, 1.807) is 0 Å². The first-order valence-corrected chi connectivity index (χ1v) is 5.73. The predicted molar refractivity (Wildman–Crippen MR) is 73.7 cm³/mol. The Morgan fingerprint density at radius 3 is 2.00 bits per heavy atom. The van der Waals surface area contributed by atoms with E-state index in [1.807, 2.05) is 0 Å². The molecule has 0 fully saturated rings. The van der Waals surface area contributed by atoms with Crippen LogP contribution in [0.2, 0.25) is 0 Å². The Morgan fingerprint density at radius 2 is 1.56 bits per heavy atom. The van der Waals surface area contributed by atoms with Crippen LogP contribution in [0.1, 0.15) is 17.0 Å². The summed E-state index contributed by atoms with van der Waals surface area (Å²) in [5.41, 5.74) is 2.42. The molecule has 1 aromatic rings. The highest BCUT2D eigenvalue weighted by atomic mass is 32.1. The second-order valence-corrected chi connectivity index (χ2v) is 3.84. The van der Waals surface area contributed by atoms with Crippen LogP contribution >= 0.6 is 24.4 Å². The molecule has 1 aromatic carbocycles. The van der Waals surface area contributed by atoms with Gasteiger partial charge in [0.15, 0.2) is 0 Å². The van der Waals surface area contributed by atoms with Crippen molar-refractivity contribution >= 4 is 34.8 Å². The number of nitrogens with zero attached hydrogens (tertiary/aromatic N) is 2. The summed E-state index contributed by atoms with van der Waals surface area (Å²) in [6.45, 7) is 3.24. The molecule has 0 heterocycles. The van der Waals surface area contributed by atoms with Gasteiger partial charge < -0.3 is 0 Å². The van der Waals surface area contributed by atoms with Gasteiger partial charge in [0.1, 0.15) is 0 Å². The monoisotopic (exact) mass is 248 g/mol. The molecule has 0 aliphatic rings. The van der Waals surface area contributed by atoms with Crippen LogP contribution in [-0.4, -0.2) is 23.4 Å². The van der Waals surface area contributed by atoms with Crippen LogP contribution in [0.3, 0.4) is 0 Å². The lowest BCUT2D eigenvalue weighted by molar-refractivity contribution is 0.715. The van der Waals surface area contributed by atoms with Crippen LogP contribution in [0.4, 0.5) is 0 Å². The molecule has 0 saturated heterocycles. The molecule has 0 saturated carbocycles. The summed E-state index contributed by atoms with van der Waals surface area (Å²) in [5.74, 6) is 0.200. The zero-order valence-electron chi connectivity index (χ0n) is 9.01. The number of aliphatic imine (C=N–C) groups is 2. The van der Waals surface area contributed by atoms with Gasteiger partial charge in [-0.3, -0.25) is 0 Å². The van der Waals surface area contributed by atoms with E-state index in [0.717, 1.165) is 0 Å². The Bertz CT molecular complexity index is 407. The van der Waals surface area contributed by atoms with E-state index < -0.39 is 0 Å². The number of isothiocyanates is 2. The van der Waals surface area contributed by atoms with Crippen LogP contribution in [-0.2, 0) is 0 Å². The summed E-state index contributed by atoms with van der Waals surface area (Å²) < 4.78 is 0. The van der Waals surface area contributed by atoms with Crippen LogP contribution in [0, 0.1) is 6.92 Å². The molecule has 1 rings (SSSR count). The molecular weight excluding hydrogens is 236 g/mol. The summed E-state index contributed by atoms with van der Waals surface area (Å²) in [5, 5.41) is 4.75. The maximum absolute atomic E-state index is 4.57. The van der Waals surface area contributed by atoms with E-state index in [2.05, 4.69) is 75.9 Å². The normalized spacial score (nSPS) is 11.1. The quantitative estimate of drug-likeness (QED) is 0.590. The topological polar surface area (TPSA) is 24.7 Å². The summed E-state index contributed by atoms with van der Waals surface area (Å²) in [7, 11) is 0. The minimum atomic E-state index is 0.200. The fraction of sp³-hybridized carbons (Fsp3) is 0.333. The largest absolute Gasteiger partial charge is 0.232 e. The minimum absolute atomic E-state index is 0.200. The highest BCUT2D eigenvalue weighted by molar-refractivity contribution is 7.78. The summed E-state index contributed by atoms with van der Waals surface area (Å²) in [4.78, 5) is 7.93. The third-order valence-corrected chi connectivity index (χ3v) is 2.56. The van der Waals surface area contributed by atoms with Crippen molar-refractivity contribution in [3.8, 4) is 0 Å². The number of hydrogen-bond acceptors (Lipinski definition) is 4. The first-order chi connectivity index (χ1) is 7.77. The highest BCUT2D eigenvalue weighted by Gasteiger charge is 2.09. The van der Waals surface area contributed by atoms with Crippen molar-refractivity contribution in [1.82, 2.24) is 0 Å². The van der Waals surface area contributed by atoms with Crippen molar-refractivity contribution in [1.29, 1.82) is 0 Å². The Morgan fingerprint density at radius 1 is 1.06 bits per heavy atom. The van der Waals surface area contributed by atoms with Crippen LogP contribution < -0.4 is 0 Å². The summed E-state index contributed by atoms with van der Waals surface area (Å²) >= 11 is 9.14. The fourth-order valence-corrected chi connectivity index (χ4v) is 1.55. The van der Waals surface area contributed by atoms with E-state index in [0.29, 0.717) is 13.1 Å². The molecule has 0 amide bonds. The third-order valence-electron chi connectivity index (χ3n) is 2.30. The van der Waals surface area contributed by atoms with Crippen LogP contribution in [0.25, 0.3) is 0 Å². The van der Waals surface area contributed by atoms with E-state index in [4.69, 9.17) is 0 Å². The van der Waals surface area contributed by atoms with Gasteiger partial charge in [0.2, 0.25) is 0 Å². The standard InChI is InChI=1S/C12H12N2S2/c1-10-2-4-11(5-3-10)12(6-13-8-15)7-14-9-16/h2-5,12H,6-7H2,1H3. The summed E-state index contributed by atoms with van der Waals surface area (Å²) in [6.07, 6.45) is 0. The van der Waals surface area contributed by atoms with Crippen LogP contribution in [0.15, 0.2) is 34.3 Å². The van der Waals surface area contributed by atoms with Gasteiger partial charge >= 0.3 is 0 Å². The maximum Gasteiger partial charge on any atom is 0.0585 e. The number of rotatable bonds is 5. The van der Waals surface area contributed by atoms with Gasteiger partial charge in [-0.25, -0.2) is 9.98 Å². The molecule has 4 heteroatoms. The lowest BCUT2D eigenvalue weighted by atomic mass is 9.98. The van der Waals surface area contributed by atoms with Gasteiger partial charge in [-0.05, 0) is 36.9 Å². The zero-order valence-corrected chi connectivity index (χ0v) is 10.6. The van der Waals surface area contributed by atoms with E-state index in [1.165, 1.54) is 11.1 Å². The van der Waals surface area contributed by atoms with Crippen molar-refractivity contribution in [2.75, 3.05) is 13.1 Å². The highest BCUT2D eigenvalue weighted by Crippen LogP contribution is 2.17. The second kappa shape index (κ2) is 7.15. The molecular formula is C12H12N2S2. The molecule has 0 N–H and O–H groups in total. The Labute approximate surface area is 106 Å². The smallest absolute Gasteiger partial charge is 0.0585 e. The maximum atomic E-state index is 4.57. The molecule has 2 nitrogen and oxygen atoms in total. The fourth-order valence-electron chi connectivity index (χ4n) is 1.40. The van der Waals surface area contributed by atoms with E-state index >= 15 is 0 Å².